The molecule has 1 saturated heterocycles. The standard InChI is InChI=1S/C16H33N3O/c1-5-14(4)18-16(20)12-19-9-7-6-8-15(19)11-17-10-13(2)3/h13-15,17H,5-12H2,1-4H3,(H,18,20). The van der Waals surface area contributed by atoms with Crippen molar-refractivity contribution >= 4 is 5.91 Å². The Morgan fingerprint density at radius 2 is 2.05 bits per heavy atom. The molecule has 118 valence electrons. The molecule has 1 heterocycles. The first-order chi connectivity index (χ1) is 9.52. The quantitative estimate of drug-likeness (QED) is 0.716. The molecule has 1 fully saturated rings. The Hall–Kier alpha value is -0.610. The van der Waals surface area contributed by atoms with Crippen LogP contribution in [0.4, 0.5) is 0 Å². The lowest BCUT2D eigenvalue weighted by atomic mass is 10.0. The number of carbonyl (C=O) groups excluding carboxylic acids is 1. The number of carbonyl (C=O) groups is 1. The van der Waals surface area contributed by atoms with Crippen LogP contribution in [-0.4, -0.2) is 49.1 Å². The summed E-state index contributed by atoms with van der Waals surface area (Å²) in [6.45, 7) is 12.3. The highest BCUT2D eigenvalue weighted by molar-refractivity contribution is 5.78. The van der Waals surface area contributed by atoms with Gasteiger partial charge in [0.15, 0.2) is 0 Å². The van der Waals surface area contributed by atoms with Crippen LogP contribution < -0.4 is 10.6 Å². The van der Waals surface area contributed by atoms with E-state index in [1.54, 1.807) is 0 Å². The second-order valence-electron chi connectivity index (χ2n) is 6.55. The van der Waals surface area contributed by atoms with E-state index in [1.807, 2.05) is 0 Å². The minimum absolute atomic E-state index is 0.176. The van der Waals surface area contributed by atoms with E-state index in [1.165, 1.54) is 19.3 Å². The first-order valence-electron chi connectivity index (χ1n) is 8.27. The number of hydrogen-bond donors (Lipinski definition) is 2. The third-order valence-electron chi connectivity index (χ3n) is 4.05. The molecule has 0 aromatic rings. The Morgan fingerprint density at radius 1 is 1.30 bits per heavy atom. The zero-order valence-electron chi connectivity index (χ0n) is 13.7. The maximum absolute atomic E-state index is 12.0. The van der Waals surface area contributed by atoms with Gasteiger partial charge in [-0.25, -0.2) is 0 Å². The Kier molecular flexibility index (Phi) is 8.15. The van der Waals surface area contributed by atoms with Gasteiger partial charge in [0.2, 0.25) is 5.91 Å². The molecule has 0 aromatic heterocycles. The Labute approximate surface area is 124 Å². The van der Waals surface area contributed by atoms with Crippen LogP contribution in [0.2, 0.25) is 0 Å². The SMILES string of the molecule is CCC(C)NC(=O)CN1CCCCC1CNCC(C)C. The van der Waals surface area contributed by atoms with E-state index < -0.39 is 0 Å². The third kappa shape index (κ3) is 6.71. The monoisotopic (exact) mass is 283 g/mol. The predicted molar refractivity (Wildman–Crippen MR) is 84.8 cm³/mol. The summed E-state index contributed by atoms with van der Waals surface area (Å²) in [7, 11) is 0. The summed E-state index contributed by atoms with van der Waals surface area (Å²) in [4.78, 5) is 14.4. The molecule has 4 nitrogen and oxygen atoms in total. The van der Waals surface area contributed by atoms with Crippen LogP contribution in [0.15, 0.2) is 0 Å². The zero-order valence-corrected chi connectivity index (χ0v) is 13.7. The van der Waals surface area contributed by atoms with Gasteiger partial charge < -0.3 is 10.6 Å². The summed E-state index contributed by atoms with van der Waals surface area (Å²) >= 11 is 0. The van der Waals surface area contributed by atoms with E-state index in [-0.39, 0.29) is 11.9 Å². The van der Waals surface area contributed by atoms with Gasteiger partial charge in [-0.15, -0.1) is 0 Å². The number of piperidine rings is 1. The van der Waals surface area contributed by atoms with Crippen molar-refractivity contribution in [1.29, 1.82) is 0 Å². The molecule has 4 heteroatoms. The molecular formula is C16H33N3O. The molecule has 2 N–H and O–H groups in total. The van der Waals surface area contributed by atoms with E-state index in [2.05, 4.69) is 43.2 Å². The maximum atomic E-state index is 12.0. The molecule has 20 heavy (non-hydrogen) atoms. The Bertz CT molecular complexity index is 281. The summed E-state index contributed by atoms with van der Waals surface area (Å²) in [5.41, 5.74) is 0. The molecule has 1 amide bonds. The van der Waals surface area contributed by atoms with Crippen LogP contribution in [0.3, 0.4) is 0 Å². The number of hydrogen-bond acceptors (Lipinski definition) is 3. The number of rotatable bonds is 8. The van der Waals surface area contributed by atoms with Gasteiger partial charge in [-0.05, 0) is 45.2 Å². The van der Waals surface area contributed by atoms with Gasteiger partial charge in [-0.2, -0.15) is 0 Å². The molecule has 2 atom stereocenters. The molecule has 0 spiro atoms. The summed E-state index contributed by atoms with van der Waals surface area (Å²) in [6.07, 6.45) is 4.71. The first-order valence-corrected chi connectivity index (χ1v) is 8.27. The molecule has 0 aliphatic carbocycles. The molecule has 1 aliphatic heterocycles. The summed E-state index contributed by atoms with van der Waals surface area (Å²) < 4.78 is 0. The average molecular weight is 283 g/mol. The van der Waals surface area contributed by atoms with Crippen LogP contribution >= 0.6 is 0 Å². The van der Waals surface area contributed by atoms with Crippen LogP contribution in [0.5, 0.6) is 0 Å². The van der Waals surface area contributed by atoms with Crippen LogP contribution in [0.25, 0.3) is 0 Å². The van der Waals surface area contributed by atoms with Crippen LogP contribution in [0.1, 0.15) is 53.4 Å². The van der Waals surface area contributed by atoms with Gasteiger partial charge in [0.05, 0.1) is 6.54 Å². The number of amides is 1. The highest BCUT2D eigenvalue weighted by Gasteiger charge is 2.24. The lowest BCUT2D eigenvalue weighted by Gasteiger charge is -2.35. The molecule has 0 aromatic carbocycles. The molecule has 0 radical (unpaired) electrons. The van der Waals surface area contributed by atoms with Gasteiger partial charge in [0, 0.05) is 18.6 Å². The second kappa shape index (κ2) is 9.35. The Balaban J connectivity index is 2.37. The minimum Gasteiger partial charge on any atom is -0.353 e. The second-order valence-corrected chi connectivity index (χ2v) is 6.55. The van der Waals surface area contributed by atoms with E-state index in [0.29, 0.717) is 18.5 Å². The third-order valence-corrected chi connectivity index (χ3v) is 4.05. The van der Waals surface area contributed by atoms with Gasteiger partial charge in [0.25, 0.3) is 0 Å². The summed E-state index contributed by atoms with van der Waals surface area (Å²) in [5, 5.41) is 6.61. The van der Waals surface area contributed by atoms with Gasteiger partial charge in [-0.1, -0.05) is 27.2 Å². The van der Waals surface area contributed by atoms with E-state index >= 15 is 0 Å². The van der Waals surface area contributed by atoms with Crippen molar-refractivity contribution in [1.82, 2.24) is 15.5 Å². The van der Waals surface area contributed by atoms with Crippen LogP contribution in [-0.2, 0) is 4.79 Å². The fraction of sp³-hybridized carbons (Fsp3) is 0.938. The highest BCUT2D eigenvalue weighted by atomic mass is 16.2. The average Bonchev–Trinajstić information content (AvgIpc) is 2.40. The largest absolute Gasteiger partial charge is 0.353 e. The van der Waals surface area contributed by atoms with Crippen molar-refractivity contribution in [3.05, 3.63) is 0 Å². The first kappa shape index (κ1) is 17.4. The zero-order chi connectivity index (χ0) is 15.0. The molecule has 1 rings (SSSR count). The van der Waals surface area contributed by atoms with Gasteiger partial charge in [-0.3, -0.25) is 9.69 Å². The number of nitrogens with zero attached hydrogens (tertiary/aromatic N) is 1. The van der Waals surface area contributed by atoms with E-state index in [4.69, 9.17) is 0 Å². The van der Waals surface area contributed by atoms with Crippen molar-refractivity contribution in [3.8, 4) is 0 Å². The fourth-order valence-corrected chi connectivity index (χ4v) is 2.64. The normalized spacial score (nSPS) is 21.9. The van der Waals surface area contributed by atoms with E-state index in [0.717, 1.165) is 26.1 Å². The van der Waals surface area contributed by atoms with Gasteiger partial charge in [0.1, 0.15) is 0 Å². The summed E-state index contributed by atoms with van der Waals surface area (Å²) in [6, 6.07) is 0.801. The van der Waals surface area contributed by atoms with Crippen molar-refractivity contribution < 1.29 is 4.79 Å². The molecular weight excluding hydrogens is 250 g/mol. The molecule has 0 saturated carbocycles. The highest BCUT2D eigenvalue weighted by Crippen LogP contribution is 2.16. The lowest BCUT2D eigenvalue weighted by molar-refractivity contribution is -0.123. The van der Waals surface area contributed by atoms with Gasteiger partial charge >= 0.3 is 0 Å². The molecule has 1 aliphatic rings. The molecule has 0 bridgehead atoms. The lowest BCUT2D eigenvalue weighted by Crippen LogP contribution is -2.50. The maximum Gasteiger partial charge on any atom is 0.234 e. The number of nitrogens with one attached hydrogen (secondary N) is 2. The topological polar surface area (TPSA) is 44.4 Å². The van der Waals surface area contributed by atoms with Crippen LogP contribution in [0, 0.1) is 5.92 Å². The van der Waals surface area contributed by atoms with Crippen molar-refractivity contribution in [3.63, 3.8) is 0 Å². The minimum atomic E-state index is 0.176. The number of likely N-dealkylation sites (tertiary alicyclic amines) is 1. The van der Waals surface area contributed by atoms with Crippen molar-refractivity contribution in [2.75, 3.05) is 26.2 Å². The predicted octanol–water partition coefficient (Wildman–Crippen LogP) is 2.00. The molecule has 2 unspecified atom stereocenters. The summed E-state index contributed by atoms with van der Waals surface area (Å²) in [5.74, 6) is 0.857. The fourth-order valence-electron chi connectivity index (χ4n) is 2.64. The van der Waals surface area contributed by atoms with Crippen molar-refractivity contribution in [2.45, 2.75) is 65.5 Å². The Morgan fingerprint density at radius 3 is 2.70 bits per heavy atom. The smallest absolute Gasteiger partial charge is 0.234 e. The van der Waals surface area contributed by atoms with Crippen molar-refractivity contribution in [2.24, 2.45) is 5.92 Å². The van der Waals surface area contributed by atoms with E-state index in [9.17, 15) is 4.79 Å².